The average molecular weight is 438 g/mol. The third kappa shape index (κ3) is 3.96. The molecule has 0 unspecified atom stereocenters. The van der Waals surface area contributed by atoms with Crippen LogP contribution in [0.4, 0.5) is 11.4 Å². The van der Waals surface area contributed by atoms with E-state index in [0.29, 0.717) is 43.5 Å². The number of para-hydroxylation sites is 1. The van der Waals surface area contributed by atoms with E-state index < -0.39 is 4.92 Å². The molecule has 30 heavy (non-hydrogen) atoms. The summed E-state index contributed by atoms with van der Waals surface area (Å²) in [6, 6.07) is 19.6. The lowest BCUT2D eigenvalue weighted by molar-refractivity contribution is -0.384. The van der Waals surface area contributed by atoms with Crippen LogP contribution in [0.3, 0.4) is 0 Å². The molecule has 4 rings (SSSR count). The van der Waals surface area contributed by atoms with E-state index in [1.807, 2.05) is 18.2 Å². The number of benzene rings is 3. The molecule has 0 saturated carbocycles. The zero-order valence-corrected chi connectivity index (χ0v) is 16.8. The molecule has 1 aromatic heterocycles. The van der Waals surface area contributed by atoms with Crippen molar-refractivity contribution < 1.29 is 9.72 Å². The Hall–Kier alpha value is -3.48. The van der Waals surface area contributed by atoms with Crippen LogP contribution >= 0.6 is 23.2 Å². The number of hydrogen-bond acceptors (Lipinski definition) is 4. The number of aromatic nitrogens is 1. The SMILES string of the molecule is O=C(Nc1ccc([N+](=O)[O-])cc1)c1cc(-c2ccc(Cl)cc2Cl)nc2ccccc12. The zero-order valence-electron chi connectivity index (χ0n) is 15.3. The monoisotopic (exact) mass is 437 g/mol. The summed E-state index contributed by atoms with van der Waals surface area (Å²) in [5, 5.41) is 15.2. The largest absolute Gasteiger partial charge is 0.322 e. The number of fused-ring (bicyclic) bond motifs is 1. The Morgan fingerprint density at radius 1 is 0.967 bits per heavy atom. The number of carbonyl (C=O) groups is 1. The molecule has 8 heteroatoms. The second-order valence-corrected chi connectivity index (χ2v) is 7.30. The number of rotatable bonds is 4. The maximum absolute atomic E-state index is 13.0. The summed E-state index contributed by atoms with van der Waals surface area (Å²) in [4.78, 5) is 28.0. The van der Waals surface area contributed by atoms with E-state index in [-0.39, 0.29) is 11.6 Å². The van der Waals surface area contributed by atoms with Gasteiger partial charge in [-0.2, -0.15) is 0 Å². The van der Waals surface area contributed by atoms with Gasteiger partial charge in [-0.1, -0.05) is 41.4 Å². The summed E-state index contributed by atoms with van der Waals surface area (Å²) in [6.07, 6.45) is 0. The molecule has 0 fully saturated rings. The number of nitrogens with zero attached hydrogens (tertiary/aromatic N) is 2. The van der Waals surface area contributed by atoms with Gasteiger partial charge in [-0.25, -0.2) is 4.98 Å². The molecule has 1 amide bonds. The van der Waals surface area contributed by atoms with Crippen LogP contribution in [0, 0.1) is 10.1 Å². The first-order valence-corrected chi connectivity index (χ1v) is 9.59. The lowest BCUT2D eigenvalue weighted by atomic mass is 10.0. The molecule has 6 nitrogen and oxygen atoms in total. The number of anilines is 1. The topological polar surface area (TPSA) is 85.1 Å². The van der Waals surface area contributed by atoms with Crippen LogP contribution in [0.25, 0.3) is 22.2 Å². The van der Waals surface area contributed by atoms with Crippen LogP contribution in [0.1, 0.15) is 10.4 Å². The highest BCUT2D eigenvalue weighted by Crippen LogP contribution is 2.32. The highest BCUT2D eigenvalue weighted by atomic mass is 35.5. The number of pyridine rings is 1. The van der Waals surface area contributed by atoms with Gasteiger partial charge in [-0.05, 0) is 42.5 Å². The number of non-ortho nitro benzene ring substituents is 1. The van der Waals surface area contributed by atoms with Crippen molar-refractivity contribution >= 4 is 51.4 Å². The predicted octanol–water partition coefficient (Wildman–Crippen LogP) is 6.37. The first-order chi connectivity index (χ1) is 14.4. The van der Waals surface area contributed by atoms with Crippen molar-refractivity contribution in [2.75, 3.05) is 5.32 Å². The first-order valence-electron chi connectivity index (χ1n) is 8.83. The third-order valence-corrected chi connectivity index (χ3v) is 5.05. The first kappa shape index (κ1) is 19.8. The van der Waals surface area contributed by atoms with Crippen molar-refractivity contribution in [1.82, 2.24) is 4.98 Å². The van der Waals surface area contributed by atoms with Gasteiger partial charge < -0.3 is 5.32 Å². The fourth-order valence-corrected chi connectivity index (χ4v) is 3.57. The van der Waals surface area contributed by atoms with Gasteiger partial charge in [-0.15, -0.1) is 0 Å². The fourth-order valence-electron chi connectivity index (χ4n) is 3.06. The lowest BCUT2D eigenvalue weighted by Crippen LogP contribution is -2.13. The molecule has 4 aromatic rings. The van der Waals surface area contributed by atoms with Crippen LogP contribution in [-0.4, -0.2) is 15.8 Å². The molecule has 0 aliphatic carbocycles. The molecule has 0 radical (unpaired) electrons. The molecular weight excluding hydrogens is 425 g/mol. The molecule has 0 atom stereocenters. The normalized spacial score (nSPS) is 10.7. The van der Waals surface area contributed by atoms with Crippen LogP contribution in [-0.2, 0) is 0 Å². The van der Waals surface area contributed by atoms with E-state index in [2.05, 4.69) is 10.3 Å². The summed E-state index contributed by atoms with van der Waals surface area (Å²) in [5.41, 5.74) is 2.61. The van der Waals surface area contributed by atoms with Crippen LogP contribution in [0.5, 0.6) is 0 Å². The zero-order chi connectivity index (χ0) is 21.3. The average Bonchev–Trinajstić information content (AvgIpc) is 2.73. The van der Waals surface area contributed by atoms with Crippen LogP contribution < -0.4 is 5.32 Å². The van der Waals surface area contributed by atoms with Crippen LogP contribution in [0.15, 0.2) is 72.8 Å². The Labute approximate surface area is 181 Å². The Balaban J connectivity index is 1.77. The molecule has 0 spiro atoms. The molecular formula is C22H13Cl2N3O3. The van der Waals surface area contributed by atoms with Gasteiger partial charge in [0.2, 0.25) is 0 Å². The Bertz CT molecular complexity index is 1290. The maximum atomic E-state index is 13.0. The van der Waals surface area contributed by atoms with Gasteiger partial charge in [-0.3, -0.25) is 14.9 Å². The third-order valence-electron chi connectivity index (χ3n) is 4.50. The Kier molecular flexibility index (Phi) is 5.35. The number of carbonyl (C=O) groups excluding carboxylic acids is 1. The number of nitro benzene ring substituents is 1. The van der Waals surface area contributed by atoms with E-state index >= 15 is 0 Å². The van der Waals surface area contributed by atoms with Crippen molar-refractivity contribution in [2.45, 2.75) is 0 Å². The minimum Gasteiger partial charge on any atom is -0.322 e. The summed E-state index contributed by atoms with van der Waals surface area (Å²) < 4.78 is 0. The lowest BCUT2D eigenvalue weighted by Gasteiger charge is -2.11. The summed E-state index contributed by atoms with van der Waals surface area (Å²) >= 11 is 12.3. The van der Waals surface area contributed by atoms with Crippen molar-refractivity contribution in [2.24, 2.45) is 0 Å². The van der Waals surface area contributed by atoms with Gasteiger partial charge in [0.1, 0.15) is 0 Å². The van der Waals surface area contributed by atoms with Gasteiger partial charge in [0.05, 0.1) is 26.7 Å². The van der Waals surface area contributed by atoms with Crippen molar-refractivity contribution in [1.29, 1.82) is 0 Å². The molecule has 3 aromatic carbocycles. The van der Waals surface area contributed by atoms with Crippen molar-refractivity contribution in [3.05, 3.63) is 98.5 Å². The smallest absolute Gasteiger partial charge is 0.269 e. The van der Waals surface area contributed by atoms with Gasteiger partial charge in [0.15, 0.2) is 0 Å². The Morgan fingerprint density at radius 3 is 2.40 bits per heavy atom. The van der Waals surface area contributed by atoms with Gasteiger partial charge in [0, 0.05) is 33.8 Å². The number of nitro groups is 1. The summed E-state index contributed by atoms with van der Waals surface area (Å²) in [7, 11) is 0. The number of amides is 1. The molecule has 148 valence electrons. The number of nitrogens with one attached hydrogen (secondary N) is 1. The molecule has 0 bridgehead atoms. The number of hydrogen-bond donors (Lipinski definition) is 1. The minimum absolute atomic E-state index is 0.0537. The van der Waals surface area contributed by atoms with Crippen molar-refractivity contribution in [3.63, 3.8) is 0 Å². The highest BCUT2D eigenvalue weighted by molar-refractivity contribution is 6.36. The predicted molar refractivity (Wildman–Crippen MR) is 118 cm³/mol. The summed E-state index contributed by atoms with van der Waals surface area (Å²) in [5.74, 6) is -0.367. The van der Waals surface area contributed by atoms with E-state index in [4.69, 9.17) is 23.2 Å². The molecule has 0 aliphatic rings. The second kappa shape index (κ2) is 8.10. The molecule has 1 N–H and O–H groups in total. The standard InChI is InChI=1S/C22H13Cl2N3O3/c23-13-5-10-17(19(24)11-13)21-12-18(16-3-1-2-4-20(16)26-21)22(28)25-14-6-8-15(9-7-14)27(29)30/h1-12H,(H,25,28). The van der Waals surface area contributed by atoms with E-state index in [0.717, 1.165) is 0 Å². The highest BCUT2D eigenvalue weighted by Gasteiger charge is 2.16. The fraction of sp³-hybridized carbons (Fsp3) is 0. The molecule has 0 saturated heterocycles. The van der Waals surface area contributed by atoms with Gasteiger partial charge >= 0.3 is 0 Å². The van der Waals surface area contributed by atoms with E-state index in [1.54, 1.807) is 30.3 Å². The molecule has 1 heterocycles. The van der Waals surface area contributed by atoms with Gasteiger partial charge in [0.25, 0.3) is 11.6 Å². The van der Waals surface area contributed by atoms with Crippen molar-refractivity contribution in [3.8, 4) is 11.3 Å². The van der Waals surface area contributed by atoms with Crippen LogP contribution in [0.2, 0.25) is 10.0 Å². The Morgan fingerprint density at radius 2 is 1.70 bits per heavy atom. The number of halogens is 2. The summed E-state index contributed by atoms with van der Waals surface area (Å²) in [6.45, 7) is 0. The minimum atomic E-state index is -0.496. The quantitative estimate of drug-likeness (QED) is 0.296. The second-order valence-electron chi connectivity index (χ2n) is 6.45. The van der Waals surface area contributed by atoms with E-state index in [1.165, 1.54) is 24.3 Å². The molecule has 0 aliphatic heterocycles. The van der Waals surface area contributed by atoms with E-state index in [9.17, 15) is 14.9 Å². The maximum Gasteiger partial charge on any atom is 0.269 e.